The standard InChI is InChI=1S/C30H34N6O4/c1-5-39-24-10-8-22(9-11-24)18-35(19-25-7-6-13-40-25)28(29-32-33-34-36(29)12-14-38-4)26-17-23-16-20(2)15-21(3)27(23)31-30(26)37/h6-11,13,15-17,28H,5,12,14,18-19H2,1-4H3,(H,31,37)/t28-/m1/s1. The second kappa shape index (κ2) is 12.3. The minimum Gasteiger partial charge on any atom is -0.494 e. The van der Waals surface area contributed by atoms with Crippen molar-refractivity contribution in [2.24, 2.45) is 0 Å². The number of H-pyrrole nitrogens is 1. The van der Waals surface area contributed by atoms with Gasteiger partial charge in [-0.05, 0) is 84.1 Å². The molecule has 1 atom stereocenters. The first-order valence-corrected chi connectivity index (χ1v) is 13.3. The van der Waals surface area contributed by atoms with Crippen LogP contribution in [0, 0.1) is 13.8 Å². The maximum atomic E-state index is 13.8. The van der Waals surface area contributed by atoms with Crippen LogP contribution in [-0.2, 0) is 24.4 Å². The molecule has 0 aliphatic carbocycles. The van der Waals surface area contributed by atoms with Gasteiger partial charge in [0.05, 0.1) is 38.1 Å². The van der Waals surface area contributed by atoms with E-state index in [1.54, 1.807) is 18.1 Å². The van der Waals surface area contributed by atoms with Crippen molar-refractivity contribution >= 4 is 10.9 Å². The van der Waals surface area contributed by atoms with E-state index in [1.165, 1.54) is 0 Å². The highest BCUT2D eigenvalue weighted by Crippen LogP contribution is 2.31. The molecule has 1 N–H and O–H groups in total. The number of aromatic amines is 1. The highest BCUT2D eigenvalue weighted by molar-refractivity contribution is 5.83. The van der Waals surface area contributed by atoms with Crippen LogP contribution in [0.3, 0.4) is 0 Å². The van der Waals surface area contributed by atoms with E-state index in [9.17, 15) is 4.79 Å². The van der Waals surface area contributed by atoms with Gasteiger partial charge >= 0.3 is 0 Å². The second-order valence-corrected chi connectivity index (χ2v) is 9.82. The van der Waals surface area contributed by atoms with Gasteiger partial charge in [0.25, 0.3) is 5.56 Å². The zero-order chi connectivity index (χ0) is 28.1. The fourth-order valence-corrected chi connectivity index (χ4v) is 5.08. The van der Waals surface area contributed by atoms with Gasteiger partial charge in [-0.1, -0.05) is 23.8 Å². The van der Waals surface area contributed by atoms with Gasteiger partial charge in [-0.2, -0.15) is 0 Å². The lowest BCUT2D eigenvalue weighted by atomic mass is 10.00. The van der Waals surface area contributed by atoms with Crippen molar-refractivity contribution in [1.82, 2.24) is 30.1 Å². The first-order chi connectivity index (χ1) is 19.5. The van der Waals surface area contributed by atoms with Gasteiger partial charge in [0.1, 0.15) is 17.6 Å². The highest BCUT2D eigenvalue weighted by Gasteiger charge is 2.31. The molecule has 0 saturated heterocycles. The number of fused-ring (bicyclic) bond motifs is 1. The lowest BCUT2D eigenvalue weighted by Crippen LogP contribution is -2.35. The first kappa shape index (κ1) is 27.3. The molecule has 0 aliphatic heterocycles. The fraction of sp³-hybridized carbons (Fsp3) is 0.333. The Morgan fingerprint density at radius 1 is 1.10 bits per heavy atom. The molecule has 0 spiro atoms. The smallest absolute Gasteiger partial charge is 0.253 e. The Bertz CT molecular complexity index is 1610. The number of aromatic nitrogens is 5. The molecule has 0 aliphatic rings. The second-order valence-electron chi connectivity index (χ2n) is 9.82. The maximum Gasteiger partial charge on any atom is 0.253 e. The zero-order valence-corrected chi connectivity index (χ0v) is 23.3. The van der Waals surface area contributed by atoms with E-state index in [0.717, 1.165) is 39.1 Å². The molecule has 40 heavy (non-hydrogen) atoms. The van der Waals surface area contributed by atoms with E-state index in [-0.39, 0.29) is 5.56 Å². The number of aryl methyl sites for hydroxylation is 2. The van der Waals surface area contributed by atoms with Crippen LogP contribution >= 0.6 is 0 Å². The number of hydrogen-bond acceptors (Lipinski definition) is 8. The zero-order valence-electron chi connectivity index (χ0n) is 23.3. The fourth-order valence-electron chi connectivity index (χ4n) is 5.08. The molecular formula is C30H34N6O4. The van der Waals surface area contributed by atoms with Crippen LogP contribution in [0.4, 0.5) is 0 Å². The van der Waals surface area contributed by atoms with Crippen LogP contribution in [0.5, 0.6) is 5.75 Å². The van der Waals surface area contributed by atoms with E-state index < -0.39 is 6.04 Å². The van der Waals surface area contributed by atoms with Crippen molar-refractivity contribution in [3.05, 3.63) is 105 Å². The topological polar surface area (TPSA) is 111 Å². The Labute approximate surface area is 232 Å². The summed E-state index contributed by atoms with van der Waals surface area (Å²) in [6.07, 6.45) is 1.65. The monoisotopic (exact) mass is 542 g/mol. The average molecular weight is 543 g/mol. The summed E-state index contributed by atoms with van der Waals surface area (Å²) >= 11 is 0. The molecule has 10 heteroatoms. The van der Waals surface area contributed by atoms with Crippen molar-refractivity contribution in [1.29, 1.82) is 0 Å². The number of furan rings is 1. The summed E-state index contributed by atoms with van der Waals surface area (Å²) in [5.41, 5.74) is 4.35. The molecule has 10 nitrogen and oxygen atoms in total. The van der Waals surface area contributed by atoms with Gasteiger partial charge in [-0.25, -0.2) is 4.68 Å². The van der Waals surface area contributed by atoms with Crippen LogP contribution in [0.1, 0.15) is 46.8 Å². The lowest BCUT2D eigenvalue weighted by Gasteiger charge is -2.30. The predicted octanol–water partition coefficient (Wildman–Crippen LogP) is 4.56. The number of ether oxygens (including phenoxy) is 2. The lowest BCUT2D eigenvalue weighted by molar-refractivity contribution is 0.163. The Kier molecular flexibility index (Phi) is 8.37. The predicted molar refractivity (Wildman–Crippen MR) is 151 cm³/mol. The van der Waals surface area contributed by atoms with Crippen LogP contribution in [0.25, 0.3) is 10.9 Å². The molecule has 0 saturated carbocycles. The number of rotatable bonds is 12. The molecule has 0 unspecified atom stereocenters. The molecular weight excluding hydrogens is 508 g/mol. The van der Waals surface area contributed by atoms with Crippen LogP contribution in [-0.4, -0.2) is 50.4 Å². The van der Waals surface area contributed by atoms with Gasteiger partial charge in [0.2, 0.25) is 0 Å². The third-order valence-corrected chi connectivity index (χ3v) is 6.85. The normalized spacial score (nSPS) is 12.3. The number of tetrazole rings is 1. The Balaban J connectivity index is 1.66. The number of nitrogens with zero attached hydrogens (tertiary/aromatic N) is 5. The minimum atomic E-state index is -0.586. The molecule has 3 heterocycles. The number of hydrogen-bond donors (Lipinski definition) is 1. The number of benzene rings is 2. The molecule has 0 amide bonds. The van der Waals surface area contributed by atoms with Gasteiger partial charge < -0.3 is 18.9 Å². The molecule has 208 valence electrons. The molecule has 5 rings (SSSR count). The van der Waals surface area contributed by atoms with E-state index in [2.05, 4.69) is 44.5 Å². The molecule has 2 aromatic carbocycles. The van der Waals surface area contributed by atoms with Crippen molar-refractivity contribution in [3.63, 3.8) is 0 Å². The third kappa shape index (κ3) is 5.98. The van der Waals surface area contributed by atoms with Crippen molar-refractivity contribution in [2.45, 2.75) is 46.4 Å². The Morgan fingerprint density at radius 2 is 1.93 bits per heavy atom. The largest absolute Gasteiger partial charge is 0.494 e. The van der Waals surface area contributed by atoms with E-state index in [4.69, 9.17) is 13.9 Å². The number of pyridine rings is 1. The summed E-state index contributed by atoms with van der Waals surface area (Å²) in [4.78, 5) is 19.1. The molecule has 0 bridgehead atoms. The van der Waals surface area contributed by atoms with E-state index in [0.29, 0.717) is 44.2 Å². The summed E-state index contributed by atoms with van der Waals surface area (Å²) in [5.74, 6) is 2.11. The van der Waals surface area contributed by atoms with Crippen molar-refractivity contribution in [3.8, 4) is 5.75 Å². The summed E-state index contributed by atoms with van der Waals surface area (Å²) in [7, 11) is 1.63. The summed E-state index contributed by atoms with van der Waals surface area (Å²) in [5, 5.41) is 13.6. The average Bonchev–Trinajstić information content (AvgIpc) is 3.62. The van der Waals surface area contributed by atoms with Crippen molar-refractivity contribution < 1.29 is 13.9 Å². The van der Waals surface area contributed by atoms with Gasteiger partial charge in [0, 0.05) is 19.2 Å². The van der Waals surface area contributed by atoms with Crippen LogP contribution in [0.2, 0.25) is 0 Å². The molecule has 0 fully saturated rings. The van der Waals surface area contributed by atoms with Gasteiger partial charge in [0.15, 0.2) is 5.82 Å². The summed E-state index contributed by atoms with van der Waals surface area (Å²) < 4.78 is 18.4. The highest BCUT2D eigenvalue weighted by atomic mass is 16.5. The molecule has 5 aromatic rings. The van der Waals surface area contributed by atoms with Gasteiger partial charge in [-0.3, -0.25) is 9.69 Å². The number of nitrogens with one attached hydrogen (secondary N) is 1. The summed E-state index contributed by atoms with van der Waals surface area (Å²) in [6, 6.07) is 17.3. The van der Waals surface area contributed by atoms with E-state index in [1.807, 2.05) is 56.3 Å². The Hall–Kier alpha value is -4.28. The van der Waals surface area contributed by atoms with Crippen LogP contribution in [0.15, 0.2) is 70.1 Å². The van der Waals surface area contributed by atoms with Crippen molar-refractivity contribution in [2.75, 3.05) is 20.3 Å². The van der Waals surface area contributed by atoms with Gasteiger partial charge in [-0.15, -0.1) is 5.10 Å². The minimum absolute atomic E-state index is 0.193. The Morgan fingerprint density at radius 3 is 2.65 bits per heavy atom. The molecule has 0 radical (unpaired) electrons. The number of methoxy groups -OCH3 is 1. The third-order valence-electron chi connectivity index (χ3n) is 6.85. The van der Waals surface area contributed by atoms with E-state index >= 15 is 0 Å². The van der Waals surface area contributed by atoms with Crippen LogP contribution < -0.4 is 10.3 Å². The maximum absolute atomic E-state index is 13.8. The SMILES string of the molecule is CCOc1ccc(CN(Cc2ccco2)[C@H](c2cc3cc(C)cc(C)c3[nH]c2=O)c2nnnn2CCOC)cc1. The summed E-state index contributed by atoms with van der Waals surface area (Å²) in [6.45, 7) is 8.40. The molecule has 3 aromatic heterocycles. The first-order valence-electron chi connectivity index (χ1n) is 13.3. The quantitative estimate of drug-likeness (QED) is 0.244.